The molecule has 7 nitrogen and oxygen atoms in total. The van der Waals surface area contributed by atoms with Gasteiger partial charge < -0.3 is 5.11 Å². The Bertz CT molecular complexity index is 626. The van der Waals surface area contributed by atoms with Crippen LogP contribution < -0.4 is 11.2 Å². The van der Waals surface area contributed by atoms with Gasteiger partial charge in [-0.3, -0.25) is 14.3 Å². The third kappa shape index (κ3) is 3.45. The monoisotopic (exact) mass is 262 g/mol. The molecule has 2 N–H and O–H groups in total. The molecule has 0 spiro atoms. The summed E-state index contributed by atoms with van der Waals surface area (Å²) >= 11 is 0. The first-order valence-corrected chi connectivity index (χ1v) is 6.99. The van der Waals surface area contributed by atoms with Crippen LogP contribution in [-0.4, -0.2) is 35.1 Å². The topological polar surface area (TPSA) is 109 Å². The molecule has 96 valence electrons. The molecule has 0 atom stereocenters. The minimum atomic E-state index is -3.11. The molecule has 0 aliphatic carbocycles. The van der Waals surface area contributed by atoms with Crippen LogP contribution in [0.15, 0.2) is 9.59 Å². The van der Waals surface area contributed by atoms with E-state index >= 15 is 0 Å². The second-order valence-corrected chi connectivity index (χ2v) is 6.10. The summed E-state index contributed by atoms with van der Waals surface area (Å²) in [5.74, 6) is -0.510. The molecule has 0 fully saturated rings. The van der Waals surface area contributed by atoms with Gasteiger partial charge in [0.05, 0.1) is 11.3 Å². The third-order valence-corrected chi connectivity index (χ3v) is 3.32. The van der Waals surface area contributed by atoms with E-state index in [1.807, 2.05) is 4.98 Å². The van der Waals surface area contributed by atoms with Crippen molar-refractivity contribution in [1.29, 1.82) is 0 Å². The molecule has 0 aliphatic heterocycles. The first kappa shape index (κ1) is 13.5. The number of aromatic nitrogens is 2. The fourth-order valence-electron chi connectivity index (χ4n) is 1.35. The van der Waals surface area contributed by atoms with Crippen LogP contribution in [0.4, 0.5) is 0 Å². The molecule has 0 aliphatic rings. The van der Waals surface area contributed by atoms with E-state index in [4.69, 9.17) is 0 Å². The van der Waals surface area contributed by atoms with Crippen LogP contribution in [0.1, 0.15) is 12.0 Å². The van der Waals surface area contributed by atoms with Gasteiger partial charge in [-0.2, -0.15) is 0 Å². The van der Waals surface area contributed by atoms with Crippen molar-refractivity contribution >= 4 is 9.84 Å². The zero-order valence-corrected chi connectivity index (χ0v) is 10.4. The summed E-state index contributed by atoms with van der Waals surface area (Å²) in [7, 11) is -3.11. The van der Waals surface area contributed by atoms with E-state index in [2.05, 4.69) is 0 Å². The molecular weight excluding hydrogens is 248 g/mol. The van der Waals surface area contributed by atoms with Gasteiger partial charge >= 0.3 is 5.69 Å². The highest BCUT2D eigenvalue weighted by Crippen LogP contribution is 2.08. The molecule has 1 heterocycles. The fraction of sp³-hybridized carbons (Fsp3) is 0.556. The Kier molecular flexibility index (Phi) is 3.76. The quantitative estimate of drug-likeness (QED) is 0.722. The van der Waals surface area contributed by atoms with Crippen LogP contribution >= 0.6 is 0 Å². The lowest BCUT2D eigenvalue weighted by molar-refractivity contribution is 0.394. The van der Waals surface area contributed by atoms with Crippen LogP contribution in [0, 0.1) is 6.92 Å². The Morgan fingerprint density at radius 2 is 1.94 bits per heavy atom. The van der Waals surface area contributed by atoms with Gasteiger partial charge in [0.15, 0.2) is 0 Å². The number of nitrogens with one attached hydrogen (secondary N) is 1. The second-order valence-electron chi connectivity index (χ2n) is 3.84. The molecule has 0 amide bonds. The summed E-state index contributed by atoms with van der Waals surface area (Å²) in [5.41, 5.74) is -1.36. The lowest BCUT2D eigenvalue weighted by atomic mass is 10.3. The van der Waals surface area contributed by atoms with Crippen LogP contribution in [-0.2, 0) is 16.4 Å². The molecule has 0 unspecified atom stereocenters. The van der Waals surface area contributed by atoms with E-state index in [0.29, 0.717) is 0 Å². The Morgan fingerprint density at radius 3 is 2.47 bits per heavy atom. The normalized spacial score (nSPS) is 11.6. The summed E-state index contributed by atoms with van der Waals surface area (Å²) < 4.78 is 22.8. The summed E-state index contributed by atoms with van der Waals surface area (Å²) in [6.45, 7) is 1.41. The summed E-state index contributed by atoms with van der Waals surface area (Å²) in [6, 6.07) is 0. The maximum absolute atomic E-state index is 11.4. The second kappa shape index (κ2) is 4.74. The van der Waals surface area contributed by atoms with E-state index in [9.17, 15) is 23.1 Å². The molecule has 0 saturated heterocycles. The molecule has 0 radical (unpaired) electrons. The number of aromatic hydroxyl groups is 1. The Labute approximate surface area is 97.6 Å². The SMILES string of the molecule is Cc1c(O)n(CCCS(C)(=O)=O)c(=O)[nH]c1=O. The van der Waals surface area contributed by atoms with Gasteiger partial charge in [-0.15, -0.1) is 0 Å². The van der Waals surface area contributed by atoms with E-state index in [1.165, 1.54) is 6.92 Å². The van der Waals surface area contributed by atoms with Gasteiger partial charge in [-0.1, -0.05) is 0 Å². The molecular formula is C9H14N2O5S. The van der Waals surface area contributed by atoms with Crippen molar-refractivity contribution in [2.75, 3.05) is 12.0 Å². The number of rotatable bonds is 4. The van der Waals surface area contributed by atoms with E-state index in [0.717, 1.165) is 10.8 Å². The highest BCUT2D eigenvalue weighted by atomic mass is 32.2. The zero-order valence-electron chi connectivity index (χ0n) is 9.56. The van der Waals surface area contributed by atoms with Gasteiger partial charge in [-0.25, -0.2) is 13.2 Å². The third-order valence-electron chi connectivity index (χ3n) is 2.29. The number of hydrogen-bond acceptors (Lipinski definition) is 5. The van der Waals surface area contributed by atoms with E-state index in [1.54, 1.807) is 0 Å². The van der Waals surface area contributed by atoms with Crippen molar-refractivity contribution in [3.8, 4) is 5.88 Å². The van der Waals surface area contributed by atoms with Crippen molar-refractivity contribution in [2.24, 2.45) is 0 Å². The van der Waals surface area contributed by atoms with Crippen molar-refractivity contribution in [3.05, 3.63) is 26.4 Å². The largest absolute Gasteiger partial charge is 0.494 e. The van der Waals surface area contributed by atoms with Crippen molar-refractivity contribution < 1.29 is 13.5 Å². The van der Waals surface area contributed by atoms with Gasteiger partial charge in [0, 0.05) is 12.8 Å². The lowest BCUT2D eigenvalue weighted by Gasteiger charge is -2.08. The molecule has 1 aromatic heterocycles. The fourth-order valence-corrected chi connectivity index (χ4v) is 2.00. The standard InChI is InChI=1S/C9H14N2O5S/c1-6-7(12)10-9(14)11(8(6)13)4-3-5-17(2,15)16/h13H,3-5H2,1-2H3,(H,10,12,14). The Morgan fingerprint density at radius 1 is 1.35 bits per heavy atom. The number of sulfone groups is 1. The van der Waals surface area contributed by atoms with Crippen LogP contribution in [0.5, 0.6) is 5.88 Å². The minimum Gasteiger partial charge on any atom is -0.494 e. The molecule has 17 heavy (non-hydrogen) atoms. The van der Waals surface area contributed by atoms with Gasteiger partial charge in [0.2, 0.25) is 5.88 Å². The van der Waals surface area contributed by atoms with Crippen LogP contribution in [0.2, 0.25) is 0 Å². The smallest absolute Gasteiger partial charge is 0.331 e. The summed E-state index contributed by atoms with van der Waals surface area (Å²) in [6.07, 6.45) is 1.28. The molecule has 1 rings (SSSR count). The molecule has 8 heteroatoms. The highest BCUT2D eigenvalue weighted by Gasteiger charge is 2.10. The lowest BCUT2D eigenvalue weighted by Crippen LogP contribution is -2.31. The maximum Gasteiger partial charge on any atom is 0.331 e. The zero-order chi connectivity index (χ0) is 13.2. The number of nitrogens with zero attached hydrogens (tertiary/aromatic N) is 1. The predicted octanol–water partition coefficient (Wildman–Crippen LogP) is -1.01. The minimum absolute atomic E-state index is 0.0314. The predicted molar refractivity (Wildman–Crippen MR) is 62.1 cm³/mol. The maximum atomic E-state index is 11.4. The average molecular weight is 262 g/mol. The number of aromatic amines is 1. The first-order chi connectivity index (χ1) is 7.72. The first-order valence-electron chi connectivity index (χ1n) is 4.93. The molecule has 0 saturated carbocycles. The number of H-pyrrole nitrogens is 1. The highest BCUT2D eigenvalue weighted by molar-refractivity contribution is 7.90. The van der Waals surface area contributed by atoms with Crippen LogP contribution in [0.25, 0.3) is 0 Å². The Hall–Kier alpha value is -1.57. The van der Waals surface area contributed by atoms with E-state index in [-0.39, 0.29) is 24.3 Å². The van der Waals surface area contributed by atoms with E-state index < -0.39 is 27.0 Å². The Balaban J connectivity index is 2.97. The average Bonchev–Trinajstić information content (AvgIpc) is 2.18. The number of hydrogen-bond donors (Lipinski definition) is 2. The van der Waals surface area contributed by atoms with Gasteiger partial charge in [0.25, 0.3) is 5.56 Å². The van der Waals surface area contributed by atoms with Gasteiger partial charge in [0.1, 0.15) is 9.84 Å². The molecule has 1 aromatic rings. The molecule has 0 bridgehead atoms. The summed E-state index contributed by atoms with van der Waals surface area (Å²) in [5, 5.41) is 9.58. The van der Waals surface area contributed by atoms with Crippen molar-refractivity contribution in [1.82, 2.24) is 9.55 Å². The van der Waals surface area contributed by atoms with Crippen molar-refractivity contribution in [3.63, 3.8) is 0 Å². The van der Waals surface area contributed by atoms with Gasteiger partial charge in [-0.05, 0) is 13.3 Å². The van der Waals surface area contributed by atoms with Crippen molar-refractivity contribution in [2.45, 2.75) is 19.9 Å². The van der Waals surface area contributed by atoms with Crippen LogP contribution in [0.3, 0.4) is 0 Å². The molecule has 0 aromatic carbocycles. The summed E-state index contributed by atoms with van der Waals surface area (Å²) in [4.78, 5) is 24.5.